The van der Waals surface area contributed by atoms with Crippen LogP contribution >= 0.6 is 0 Å². The highest BCUT2D eigenvalue weighted by atomic mass is 19.4. The first-order valence-corrected chi connectivity index (χ1v) is 11.7. The lowest BCUT2D eigenvalue weighted by atomic mass is 10.0. The van der Waals surface area contributed by atoms with Gasteiger partial charge in [-0.1, -0.05) is 26.0 Å². The summed E-state index contributed by atoms with van der Waals surface area (Å²) in [6.07, 6.45) is 0.468. The number of nitro groups is 1. The van der Waals surface area contributed by atoms with Crippen molar-refractivity contribution in [2.24, 2.45) is 0 Å². The lowest BCUT2D eigenvalue weighted by Gasteiger charge is -2.29. The van der Waals surface area contributed by atoms with E-state index in [0.29, 0.717) is 22.5 Å². The fourth-order valence-electron chi connectivity index (χ4n) is 3.99. The maximum atomic E-state index is 13.0. The van der Waals surface area contributed by atoms with Crippen molar-refractivity contribution in [2.45, 2.75) is 45.8 Å². The van der Waals surface area contributed by atoms with Gasteiger partial charge in [-0.05, 0) is 61.2 Å². The molecule has 1 N–H and O–H groups in total. The smallest absolute Gasteiger partial charge is 0.381 e. The molecule has 0 amide bonds. The number of anilines is 2. The summed E-state index contributed by atoms with van der Waals surface area (Å²) in [6.45, 7) is 5.98. The van der Waals surface area contributed by atoms with E-state index in [2.05, 4.69) is 15.2 Å². The summed E-state index contributed by atoms with van der Waals surface area (Å²) in [5, 5.41) is 14.7. The number of aromatic nitrogens is 1. The quantitative estimate of drug-likeness (QED) is 0.292. The molecule has 35 heavy (non-hydrogen) atoms. The van der Waals surface area contributed by atoms with Gasteiger partial charge < -0.3 is 10.2 Å². The van der Waals surface area contributed by atoms with E-state index in [1.807, 2.05) is 13.8 Å². The zero-order chi connectivity index (χ0) is 25.4. The van der Waals surface area contributed by atoms with Gasteiger partial charge in [0, 0.05) is 43.3 Å². The Kier molecular flexibility index (Phi) is 8.68. The molecule has 2 heterocycles. The minimum Gasteiger partial charge on any atom is -0.381 e. The van der Waals surface area contributed by atoms with Crippen molar-refractivity contribution in [1.29, 1.82) is 0 Å². The van der Waals surface area contributed by atoms with Crippen molar-refractivity contribution in [3.8, 4) is 11.3 Å². The normalized spacial score (nSPS) is 13.6. The van der Waals surface area contributed by atoms with Crippen LogP contribution in [0.3, 0.4) is 0 Å². The molecule has 0 unspecified atom stereocenters. The molecule has 0 saturated carbocycles. The van der Waals surface area contributed by atoms with E-state index in [0.717, 1.165) is 43.8 Å². The van der Waals surface area contributed by atoms with E-state index in [4.69, 9.17) is 0 Å². The summed E-state index contributed by atoms with van der Waals surface area (Å²) in [4.78, 5) is 17.8. The second-order valence-electron chi connectivity index (χ2n) is 7.99. The van der Waals surface area contributed by atoms with E-state index in [1.54, 1.807) is 30.3 Å². The molecule has 1 saturated heterocycles. The zero-order valence-corrected chi connectivity index (χ0v) is 19.8. The van der Waals surface area contributed by atoms with Crippen LogP contribution in [-0.2, 0) is 12.7 Å². The summed E-state index contributed by atoms with van der Waals surface area (Å²) in [5.74, 6) is 0. The van der Waals surface area contributed by atoms with Crippen molar-refractivity contribution in [2.75, 3.05) is 23.3 Å². The summed E-state index contributed by atoms with van der Waals surface area (Å²) >= 11 is 0. The molecular weight excluding hydrogens is 457 g/mol. The third-order valence-corrected chi connectivity index (χ3v) is 5.68. The van der Waals surface area contributed by atoms with Crippen molar-refractivity contribution in [3.63, 3.8) is 0 Å². The Morgan fingerprint density at radius 2 is 1.77 bits per heavy atom. The molecule has 1 aromatic heterocycles. The topological polar surface area (TPSA) is 71.3 Å². The number of hydrogen-bond acceptors (Lipinski definition) is 5. The highest BCUT2D eigenvalue weighted by Gasteiger charge is 2.30. The van der Waals surface area contributed by atoms with Gasteiger partial charge in [-0.2, -0.15) is 13.2 Å². The molecular formula is C26H29F3N4O2. The van der Waals surface area contributed by atoms with E-state index in [9.17, 15) is 23.3 Å². The van der Waals surface area contributed by atoms with E-state index < -0.39 is 16.7 Å². The van der Waals surface area contributed by atoms with Crippen molar-refractivity contribution in [3.05, 3.63) is 82.0 Å². The molecule has 4 rings (SSSR count). The van der Waals surface area contributed by atoms with Gasteiger partial charge in [0.2, 0.25) is 0 Å². The molecule has 1 fully saturated rings. The largest absolute Gasteiger partial charge is 0.416 e. The standard InChI is InChI=1S/C24H23F3N4O2.C2H6/c25-24(26,27)18-6-4-5-17(13-18)16-29-19-9-10-28-22(14-19)21-15-20(7-8-23(21)31(32)33)30-11-2-1-3-12-30;1-2/h4-10,13-15H,1-3,11-12,16H2,(H,28,29);1-2H3. The molecule has 1 aliphatic heterocycles. The van der Waals surface area contributed by atoms with Gasteiger partial charge in [-0.3, -0.25) is 15.1 Å². The fraction of sp³-hybridized carbons (Fsp3) is 0.346. The van der Waals surface area contributed by atoms with Gasteiger partial charge in [0.1, 0.15) is 0 Å². The van der Waals surface area contributed by atoms with Crippen molar-refractivity contribution in [1.82, 2.24) is 4.98 Å². The second kappa shape index (κ2) is 11.7. The lowest BCUT2D eigenvalue weighted by Crippen LogP contribution is -2.29. The minimum atomic E-state index is -4.40. The summed E-state index contributed by atoms with van der Waals surface area (Å²) in [5.41, 5.74) is 2.08. The van der Waals surface area contributed by atoms with Gasteiger partial charge in [0.15, 0.2) is 0 Å². The molecule has 9 heteroatoms. The molecule has 2 aromatic carbocycles. The molecule has 0 radical (unpaired) electrons. The SMILES string of the molecule is CC.O=[N+]([O-])c1ccc(N2CCCCC2)cc1-c1cc(NCc2cccc(C(F)(F)F)c2)ccn1. The molecule has 0 atom stereocenters. The Morgan fingerprint density at radius 1 is 1.03 bits per heavy atom. The minimum absolute atomic E-state index is 0.0433. The Hall–Kier alpha value is -3.62. The highest BCUT2D eigenvalue weighted by Crippen LogP contribution is 2.34. The first-order valence-electron chi connectivity index (χ1n) is 11.7. The van der Waals surface area contributed by atoms with E-state index in [-0.39, 0.29) is 12.2 Å². The molecule has 3 aromatic rings. The average molecular weight is 487 g/mol. The summed E-state index contributed by atoms with van der Waals surface area (Å²) < 4.78 is 38.9. The van der Waals surface area contributed by atoms with Gasteiger partial charge in [0.25, 0.3) is 5.69 Å². The van der Waals surface area contributed by atoms with Gasteiger partial charge >= 0.3 is 6.18 Å². The number of benzene rings is 2. The predicted octanol–water partition coefficient (Wildman–Crippen LogP) is 7.30. The van der Waals surface area contributed by atoms with Gasteiger partial charge in [-0.25, -0.2) is 0 Å². The zero-order valence-electron chi connectivity index (χ0n) is 19.8. The molecule has 0 bridgehead atoms. The van der Waals surface area contributed by atoms with Gasteiger partial charge in [0.05, 0.1) is 21.7 Å². The first-order chi connectivity index (χ1) is 16.8. The Balaban J connectivity index is 0.00000167. The van der Waals surface area contributed by atoms with Crippen LogP contribution < -0.4 is 10.2 Å². The molecule has 1 aliphatic rings. The number of nitro benzene ring substituents is 1. The number of nitrogens with zero attached hydrogens (tertiary/aromatic N) is 3. The summed E-state index contributed by atoms with van der Waals surface area (Å²) in [7, 11) is 0. The third-order valence-electron chi connectivity index (χ3n) is 5.68. The molecule has 6 nitrogen and oxygen atoms in total. The number of rotatable bonds is 6. The lowest BCUT2D eigenvalue weighted by molar-refractivity contribution is -0.384. The number of hydrogen-bond donors (Lipinski definition) is 1. The maximum Gasteiger partial charge on any atom is 0.416 e. The predicted molar refractivity (Wildman–Crippen MR) is 133 cm³/mol. The summed E-state index contributed by atoms with van der Waals surface area (Å²) in [6, 6.07) is 13.5. The molecule has 0 spiro atoms. The number of halogens is 3. The first kappa shape index (κ1) is 26.0. The number of piperidine rings is 1. The van der Waals surface area contributed by atoms with Crippen LogP contribution in [0.25, 0.3) is 11.3 Å². The van der Waals surface area contributed by atoms with Gasteiger partial charge in [-0.15, -0.1) is 0 Å². The maximum absolute atomic E-state index is 13.0. The Morgan fingerprint density at radius 3 is 2.46 bits per heavy atom. The average Bonchev–Trinajstić information content (AvgIpc) is 2.88. The number of nitrogens with one attached hydrogen (secondary N) is 1. The second-order valence-corrected chi connectivity index (χ2v) is 7.99. The van der Waals surface area contributed by atoms with Crippen LogP contribution in [0.15, 0.2) is 60.8 Å². The third kappa shape index (κ3) is 6.71. The highest BCUT2D eigenvalue weighted by molar-refractivity contribution is 5.77. The van der Waals surface area contributed by atoms with Crippen molar-refractivity contribution < 1.29 is 18.1 Å². The Bertz CT molecular complexity index is 1150. The fourth-order valence-corrected chi connectivity index (χ4v) is 3.99. The number of pyridine rings is 1. The molecule has 0 aliphatic carbocycles. The van der Waals surface area contributed by atoms with E-state index in [1.165, 1.54) is 24.8 Å². The van der Waals surface area contributed by atoms with Crippen LogP contribution in [0.2, 0.25) is 0 Å². The molecule has 186 valence electrons. The monoisotopic (exact) mass is 486 g/mol. The van der Waals surface area contributed by atoms with Crippen LogP contribution in [0.1, 0.15) is 44.2 Å². The number of alkyl halides is 3. The van der Waals surface area contributed by atoms with Crippen LogP contribution in [-0.4, -0.2) is 23.0 Å². The van der Waals surface area contributed by atoms with E-state index >= 15 is 0 Å². The van der Waals surface area contributed by atoms with Crippen LogP contribution in [0, 0.1) is 10.1 Å². The van der Waals surface area contributed by atoms with Crippen LogP contribution in [0.4, 0.5) is 30.2 Å². The van der Waals surface area contributed by atoms with Crippen LogP contribution in [0.5, 0.6) is 0 Å². The Labute approximate surface area is 203 Å². The van der Waals surface area contributed by atoms with Crippen molar-refractivity contribution >= 4 is 17.1 Å².